The summed E-state index contributed by atoms with van der Waals surface area (Å²) < 4.78 is 3.00. The molecule has 2 amide bonds. The number of piperidine rings is 1. The van der Waals surface area contributed by atoms with Crippen LogP contribution in [0.2, 0.25) is 5.02 Å². The van der Waals surface area contributed by atoms with Gasteiger partial charge in [-0.05, 0) is 43.2 Å². The SMILES string of the molecule is Cn1nc(C2CCCN(C(=O)Nc3cccc(Cl)c3)C2)n(-c2ccccc2)c1=O. The largest absolute Gasteiger partial charge is 0.350 e. The Morgan fingerprint density at radius 3 is 2.72 bits per heavy atom. The lowest BCUT2D eigenvalue weighted by Gasteiger charge is -2.32. The van der Waals surface area contributed by atoms with E-state index in [1.165, 1.54) is 4.68 Å². The maximum Gasteiger partial charge on any atom is 0.350 e. The minimum Gasteiger partial charge on any atom is -0.324 e. The van der Waals surface area contributed by atoms with Crippen LogP contribution in [0.25, 0.3) is 5.69 Å². The van der Waals surface area contributed by atoms with E-state index in [1.54, 1.807) is 40.8 Å². The van der Waals surface area contributed by atoms with Crippen LogP contribution in [0.3, 0.4) is 0 Å². The van der Waals surface area contributed by atoms with E-state index in [4.69, 9.17) is 11.6 Å². The number of likely N-dealkylation sites (tertiary alicyclic amines) is 1. The third-order valence-corrected chi connectivity index (χ3v) is 5.35. The number of anilines is 1. The quantitative estimate of drug-likeness (QED) is 0.715. The molecule has 1 saturated heterocycles. The van der Waals surface area contributed by atoms with Gasteiger partial charge in [0.25, 0.3) is 0 Å². The number of benzene rings is 2. The molecule has 1 unspecified atom stereocenters. The summed E-state index contributed by atoms with van der Waals surface area (Å²) >= 11 is 6.00. The van der Waals surface area contributed by atoms with Gasteiger partial charge in [0.05, 0.1) is 5.69 Å². The van der Waals surface area contributed by atoms with E-state index in [1.807, 2.05) is 30.3 Å². The van der Waals surface area contributed by atoms with E-state index in [0.717, 1.165) is 18.5 Å². The van der Waals surface area contributed by atoms with E-state index >= 15 is 0 Å². The molecule has 2 heterocycles. The predicted molar refractivity (Wildman–Crippen MR) is 113 cm³/mol. The van der Waals surface area contributed by atoms with Crippen LogP contribution in [-0.4, -0.2) is 38.4 Å². The van der Waals surface area contributed by atoms with Gasteiger partial charge in [-0.3, -0.25) is 0 Å². The summed E-state index contributed by atoms with van der Waals surface area (Å²) in [4.78, 5) is 27.2. The summed E-state index contributed by atoms with van der Waals surface area (Å²) in [5.74, 6) is 0.659. The van der Waals surface area contributed by atoms with Crippen LogP contribution in [0.15, 0.2) is 59.4 Å². The normalized spacial score (nSPS) is 16.6. The number of carbonyl (C=O) groups excluding carboxylic acids is 1. The van der Waals surface area contributed by atoms with E-state index in [0.29, 0.717) is 29.6 Å². The van der Waals surface area contributed by atoms with E-state index in [-0.39, 0.29) is 17.6 Å². The molecule has 1 fully saturated rings. The first-order valence-corrected chi connectivity index (χ1v) is 9.93. The molecule has 0 spiro atoms. The lowest BCUT2D eigenvalue weighted by molar-refractivity contribution is 0.191. The molecule has 2 aromatic carbocycles. The van der Waals surface area contributed by atoms with Gasteiger partial charge in [-0.25, -0.2) is 18.8 Å². The molecule has 3 aromatic rings. The Balaban J connectivity index is 1.57. The van der Waals surface area contributed by atoms with Crippen molar-refractivity contribution < 1.29 is 4.79 Å². The molecule has 150 valence electrons. The van der Waals surface area contributed by atoms with Gasteiger partial charge in [-0.1, -0.05) is 35.9 Å². The van der Waals surface area contributed by atoms with Crippen molar-refractivity contribution >= 4 is 23.3 Å². The smallest absolute Gasteiger partial charge is 0.324 e. The number of hydrogen-bond acceptors (Lipinski definition) is 3. The van der Waals surface area contributed by atoms with Crippen molar-refractivity contribution in [3.05, 3.63) is 75.9 Å². The van der Waals surface area contributed by atoms with Crippen LogP contribution in [0.5, 0.6) is 0 Å². The first-order valence-electron chi connectivity index (χ1n) is 9.56. The Labute approximate surface area is 173 Å². The maximum atomic E-state index is 12.8. The van der Waals surface area contributed by atoms with Crippen molar-refractivity contribution in [3.63, 3.8) is 0 Å². The number of halogens is 1. The lowest BCUT2D eigenvalue weighted by atomic mass is 9.97. The number of rotatable bonds is 3. The van der Waals surface area contributed by atoms with Crippen LogP contribution < -0.4 is 11.0 Å². The summed E-state index contributed by atoms with van der Waals surface area (Å²) in [7, 11) is 1.65. The fourth-order valence-corrected chi connectivity index (χ4v) is 3.90. The second-order valence-electron chi connectivity index (χ2n) is 7.16. The second kappa shape index (κ2) is 8.13. The van der Waals surface area contributed by atoms with Gasteiger partial charge in [-0.2, -0.15) is 5.10 Å². The van der Waals surface area contributed by atoms with Crippen LogP contribution in [0, 0.1) is 0 Å². The average molecular weight is 412 g/mol. The average Bonchev–Trinajstić information content (AvgIpc) is 3.03. The molecule has 0 aliphatic carbocycles. The third kappa shape index (κ3) is 4.05. The van der Waals surface area contributed by atoms with Crippen molar-refractivity contribution in [3.8, 4) is 5.69 Å². The highest BCUT2D eigenvalue weighted by Crippen LogP contribution is 2.27. The zero-order chi connectivity index (χ0) is 20.4. The number of amides is 2. The van der Waals surface area contributed by atoms with Crippen LogP contribution in [-0.2, 0) is 7.05 Å². The first-order chi connectivity index (χ1) is 14.0. The molecule has 1 atom stereocenters. The molecule has 0 radical (unpaired) electrons. The Morgan fingerprint density at radius 1 is 1.17 bits per heavy atom. The van der Waals surface area contributed by atoms with Gasteiger partial charge < -0.3 is 10.2 Å². The Kier molecular flexibility index (Phi) is 5.40. The summed E-state index contributed by atoms with van der Waals surface area (Å²) in [6.07, 6.45) is 1.71. The van der Waals surface area contributed by atoms with Crippen molar-refractivity contribution in [1.82, 2.24) is 19.2 Å². The molecule has 8 heteroatoms. The standard InChI is InChI=1S/C21H22ClN5O2/c1-25-21(29)27(18-10-3-2-4-11-18)19(24-25)15-7-6-12-26(14-15)20(28)23-17-9-5-8-16(22)13-17/h2-5,8-11,13,15H,6-7,12,14H2,1H3,(H,23,28). The molecule has 29 heavy (non-hydrogen) atoms. The predicted octanol–water partition coefficient (Wildman–Crippen LogP) is 3.64. The highest BCUT2D eigenvalue weighted by molar-refractivity contribution is 6.30. The molecule has 1 aromatic heterocycles. The van der Waals surface area contributed by atoms with Gasteiger partial charge >= 0.3 is 11.7 Å². The highest BCUT2D eigenvalue weighted by atomic mass is 35.5. The molecule has 1 aliphatic heterocycles. The summed E-state index contributed by atoms with van der Waals surface area (Å²) in [5, 5.41) is 7.96. The number of aromatic nitrogens is 3. The number of nitrogens with one attached hydrogen (secondary N) is 1. The Morgan fingerprint density at radius 2 is 1.97 bits per heavy atom. The zero-order valence-corrected chi connectivity index (χ0v) is 16.8. The number of nitrogens with zero attached hydrogens (tertiary/aromatic N) is 4. The van der Waals surface area contributed by atoms with Gasteiger partial charge in [-0.15, -0.1) is 0 Å². The molecular weight excluding hydrogens is 390 g/mol. The number of hydrogen-bond donors (Lipinski definition) is 1. The van der Waals surface area contributed by atoms with E-state index in [2.05, 4.69) is 10.4 Å². The minimum atomic E-state index is -0.188. The fraction of sp³-hybridized carbons (Fsp3) is 0.286. The Hall–Kier alpha value is -3.06. The number of urea groups is 1. The lowest BCUT2D eigenvalue weighted by Crippen LogP contribution is -2.42. The van der Waals surface area contributed by atoms with E-state index in [9.17, 15) is 9.59 Å². The third-order valence-electron chi connectivity index (χ3n) is 5.11. The zero-order valence-electron chi connectivity index (χ0n) is 16.1. The molecule has 4 rings (SSSR count). The summed E-state index contributed by atoms with van der Waals surface area (Å²) in [6.45, 7) is 1.15. The van der Waals surface area contributed by atoms with Crippen molar-refractivity contribution in [2.45, 2.75) is 18.8 Å². The fourth-order valence-electron chi connectivity index (χ4n) is 3.71. The van der Waals surface area contributed by atoms with Gasteiger partial charge in [0, 0.05) is 36.8 Å². The van der Waals surface area contributed by atoms with Crippen LogP contribution in [0.1, 0.15) is 24.6 Å². The van der Waals surface area contributed by atoms with Gasteiger partial charge in [0.1, 0.15) is 5.82 Å². The van der Waals surface area contributed by atoms with Crippen LogP contribution >= 0.6 is 11.6 Å². The molecule has 0 bridgehead atoms. The highest BCUT2D eigenvalue weighted by Gasteiger charge is 2.29. The van der Waals surface area contributed by atoms with Crippen molar-refractivity contribution in [2.24, 2.45) is 7.05 Å². The van der Waals surface area contributed by atoms with Gasteiger partial charge in [0.2, 0.25) is 0 Å². The minimum absolute atomic E-state index is 0.0250. The molecule has 1 aliphatic rings. The monoisotopic (exact) mass is 411 g/mol. The summed E-state index contributed by atoms with van der Waals surface area (Å²) in [5.41, 5.74) is 1.25. The first kappa shape index (κ1) is 19.3. The molecule has 0 saturated carbocycles. The van der Waals surface area contributed by atoms with E-state index < -0.39 is 0 Å². The molecular formula is C21H22ClN5O2. The number of para-hydroxylation sites is 1. The molecule has 1 N–H and O–H groups in total. The summed E-state index contributed by atoms with van der Waals surface area (Å²) in [6, 6.07) is 16.4. The topological polar surface area (TPSA) is 72.2 Å². The number of aryl methyl sites for hydroxylation is 1. The Bertz CT molecular complexity index is 1080. The maximum absolute atomic E-state index is 12.8. The van der Waals surface area contributed by atoms with Gasteiger partial charge in [0.15, 0.2) is 0 Å². The van der Waals surface area contributed by atoms with Crippen molar-refractivity contribution in [1.29, 1.82) is 0 Å². The second-order valence-corrected chi connectivity index (χ2v) is 7.60. The number of carbonyl (C=O) groups is 1. The van der Waals surface area contributed by atoms with Crippen LogP contribution in [0.4, 0.5) is 10.5 Å². The van der Waals surface area contributed by atoms with Crippen molar-refractivity contribution in [2.75, 3.05) is 18.4 Å². The molecule has 7 nitrogen and oxygen atoms in total.